The van der Waals surface area contributed by atoms with Crippen LogP contribution >= 0.6 is 0 Å². The molecule has 1 unspecified atom stereocenters. The molecule has 0 bridgehead atoms. The van der Waals surface area contributed by atoms with E-state index in [1.807, 2.05) is 20.0 Å². The maximum atomic E-state index is 13.8. The summed E-state index contributed by atoms with van der Waals surface area (Å²) >= 11 is 0. The van der Waals surface area contributed by atoms with E-state index in [0.29, 0.717) is 40.4 Å². The van der Waals surface area contributed by atoms with Crippen LogP contribution in [0.3, 0.4) is 0 Å². The smallest absolute Gasteiger partial charge is 0.435 e. The average molecular weight is 682 g/mol. The number of carboxylic acids is 1. The number of nitrogens with zero attached hydrogens (tertiary/aromatic N) is 7. The van der Waals surface area contributed by atoms with E-state index < -0.39 is 17.8 Å². The molecule has 5 rings (SSSR count). The van der Waals surface area contributed by atoms with Gasteiger partial charge in [0, 0.05) is 55.4 Å². The molecule has 1 aliphatic heterocycles. The number of carbonyl (C=O) groups is 2. The van der Waals surface area contributed by atoms with Gasteiger partial charge in [0.05, 0.1) is 43.7 Å². The van der Waals surface area contributed by atoms with Crippen molar-refractivity contribution in [2.24, 2.45) is 5.92 Å². The van der Waals surface area contributed by atoms with Crippen LogP contribution in [0.25, 0.3) is 16.9 Å². The average Bonchev–Trinajstić information content (AvgIpc) is 3.65. The number of fused-ring (bicyclic) bond motifs is 1. The highest BCUT2D eigenvalue weighted by atomic mass is 19.4. The number of aryl methyl sites for hydroxylation is 1. The van der Waals surface area contributed by atoms with Crippen LogP contribution in [0.1, 0.15) is 47.8 Å². The third-order valence-corrected chi connectivity index (χ3v) is 8.70. The molecule has 0 radical (unpaired) electrons. The Bertz CT molecular complexity index is 1840. The number of aromatic nitrogens is 5. The molecule has 1 fully saturated rings. The zero-order valence-electron chi connectivity index (χ0n) is 27.4. The Balaban J connectivity index is 1.21. The Morgan fingerprint density at radius 2 is 2.00 bits per heavy atom. The fraction of sp³-hybridized carbons (Fsp3) is 0.455. The monoisotopic (exact) mass is 681 g/mol. The molecule has 13 nitrogen and oxygen atoms in total. The van der Waals surface area contributed by atoms with Gasteiger partial charge in [-0.1, -0.05) is 6.92 Å². The number of rotatable bonds is 16. The van der Waals surface area contributed by atoms with Crippen LogP contribution in [-0.2, 0) is 23.9 Å². The van der Waals surface area contributed by atoms with Crippen molar-refractivity contribution in [3.05, 3.63) is 59.8 Å². The summed E-state index contributed by atoms with van der Waals surface area (Å²) in [6.45, 7) is 5.68. The molecule has 1 amide bonds. The first-order valence-electron chi connectivity index (χ1n) is 16.2. The number of nitriles is 1. The number of likely N-dealkylation sites (N-methyl/N-ethyl adjacent to an activating group) is 1. The maximum Gasteiger partial charge on any atom is 0.435 e. The molecule has 1 saturated heterocycles. The van der Waals surface area contributed by atoms with E-state index in [9.17, 15) is 27.9 Å². The zero-order chi connectivity index (χ0) is 35.2. The Morgan fingerprint density at radius 3 is 2.67 bits per heavy atom. The number of halogens is 3. The first-order valence-corrected chi connectivity index (χ1v) is 16.2. The van der Waals surface area contributed by atoms with Gasteiger partial charge < -0.3 is 25.5 Å². The number of hydrogen-bond donors (Lipinski definition) is 4. The van der Waals surface area contributed by atoms with Gasteiger partial charge in [-0.05, 0) is 49.4 Å². The lowest BCUT2D eigenvalue weighted by molar-refractivity contribution is -0.906. The number of anilines is 2. The molecule has 4 heterocycles. The SMILES string of the molecule is CCc1cc(Nc2nccn3c(-c4cn(CC#N)nc4C(F)(F)F)cnc23)ccc1C(=O)NCCCCC[N+](C)(CC(=O)O)CC1CNC1. The summed E-state index contributed by atoms with van der Waals surface area (Å²) in [5.74, 6) is -0.175. The van der Waals surface area contributed by atoms with E-state index in [0.717, 1.165) is 55.7 Å². The number of carbonyl (C=O) groups excluding carboxylic acids is 1. The quantitative estimate of drug-likeness (QED) is 0.101. The summed E-state index contributed by atoms with van der Waals surface area (Å²) in [6.07, 6.45) is 3.76. The standard InChI is InChI=1S/C33H39F3N10O3/c1-3-23-15-24(7-8-25(23)32(49)40-10-5-4-6-14-46(2,21-28(47)48)20-22-16-38-17-22)42-30-31-41-18-27(45(31)13-11-39-30)26-19-44(12-9-37)43-29(26)33(34,35)36/h7-8,11,13,15,18-19,22,38H,3-6,10,12,14,16-17,20-21H2,1-2H3,(H2-,39,40,42,47,48,49)/p+1. The van der Waals surface area contributed by atoms with Gasteiger partial charge in [0.15, 0.2) is 23.7 Å². The van der Waals surface area contributed by atoms with Crippen molar-refractivity contribution in [3.8, 4) is 17.3 Å². The molecular weight excluding hydrogens is 641 g/mol. The van der Waals surface area contributed by atoms with Gasteiger partial charge in [-0.15, -0.1) is 0 Å². The molecule has 4 N–H and O–H groups in total. The van der Waals surface area contributed by atoms with Crippen molar-refractivity contribution in [1.82, 2.24) is 34.8 Å². The van der Waals surface area contributed by atoms with E-state index in [1.165, 1.54) is 29.2 Å². The molecule has 1 atom stereocenters. The molecule has 1 aliphatic rings. The summed E-state index contributed by atoms with van der Waals surface area (Å²) in [6, 6.07) is 7.08. The summed E-state index contributed by atoms with van der Waals surface area (Å²) in [4.78, 5) is 33.2. The number of alkyl halides is 3. The van der Waals surface area contributed by atoms with Crippen molar-refractivity contribution in [2.45, 2.75) is 45.3 Å². The van der Waals surface area contributed by atoms with Gasteiger partial charge in [0.1, 0.15) is 6.54 Å². The Labute approximate surface area is 281 Å². The predicted octanol–water partition coefficient (Wildman–Crippen LogP) is 4.09. The van der Waals surface area contributed by atoms with E-state index in [-0.39, 0.29) is 35.9 Å². The Morgan fingerprint density at radius 1 is 1.20 bits per heavy atom. The highest BCUT2D eigenvalue weighted by Gasteiger charge is 2.38. The molecule has 0 saturated carbocycles. The largest absolute Gasteiger partial charge is 0.477 e. The van der Waals surface area contributed by atoms with Gasteiger partial charge in [0.2, 0.25) is 0 Å². The molecule has 260 valence electrons. The van der Waals surface area contributed by atoms with Crippen molar-refractivity contribution in [1.29, 1.82) is 5.26 Å². The lowest BCUT2D eigenvalue weighted by Gasteiger charge is -2.39. The molecule has 0 aliphatic carbocycles. The molecule has 16 heteroatoms. The van der Waals surface area contributed by atoms with Gasteiger partial charge >= 0.3 is 12.1 Å². The molecule has 4 aromatic rings. The van der Waals surface area contributed by atoms with Crippen LogP contribution in [0, 0.1) is 17.2 Å². The summed E-state index contributed by atoms with van der Waals surface area (Å²) in [5, 5.41) is 31.3. The van der Waals surface area contributed by atoms with Crippen LogP contribution in [0.5, 0.6) is 0 Å². The van der Waals surface area contributed by atoms with Crippen molar-refractivity contribution in [3.63, 3.8) is 0 Å². The molecule has 1 aromatic carbocycles. The Hall–Kier alpha value is -5.01. The molecule has 0 spiro atoms. The molecule has 3 aromatic heterocycles. The van der Waals surface area contributed by atoms with Crippen LogP contribution in [0.2, 0.25) is 0 Å². The number of quaternary nitrogens is 1. The zero-order valence-corrected chi connectivity index (χ0v) is 27.4. The highest BCUT2D eigenvalue weighted by Crippen LogP contribution is 2.37. The van der Waals surface area contributed by atoms with Crippen molar-refractivity contribution >= 4 is 29.0 Å². The summed E-state index contributed by atoms with van der Waals surface area (Å²) in [7, 11) is 2.00. The van der Waals surface area contributed by atoms with Crippen molar-refractivity contribution in [2.75, 3.05) is 51.6 Å². The highest BCUT2D eigenvalue weighted by molar-refractivity contribution is 5.96. The minimum atomic E-state index is -4.74. The number of benzene rings is 1. The summed E-state index contributed by atoms with van der Waals surface area (Å²) in [5.41, 5.74) is 1.04. The van der Waals surface area contributed by atoms with Gasteiger partial charge in [-0.3, -0.25) is 13.9 Å². The third-order valence-electron chi connectivity index (χ3n) is 8.70. The van der Waals surface area contributed by atoms with E-state index in [1.54, 1.807) is 18.2 Å². The predicted molar refractivity (Wildman–Crippen MR) is 175 cm³/mol. The second kappa shape index (κ2) is 15.0. The number of unbranched alkanes of at least 4 members (excludes halogenated alkanes) is 2. The number of amides is 1. The van der Waals surface area contributed by atoms with E-state index >= 15 is 0 Å². The molecular formula is C33H40F3N10O3+. The third kappa shape index (κ3) is 8.54. The Kier molecular flexibility index (Phi) is 10.8. The number of carboxylic acid groups (broad SMARTS) is 1. The molecule has 49 heavy (non-hydrogen) atoms. The number of hydrogen-bond acceptors (Lipinski definition) is 8. The second-order valence-electron chi connectivity index (χ2n) is 12.6. The first-order chi connectivity index (χ1) is 23.4. The number of imidazole rings is 1. The van der Waals surface area contributed by atoms with Crippen molar-refractivity contribution < 1.29 is 32.3 Å². The lowest BCUT2D eigenvalue weighted by atomic mass is 10.0. The van der Waals surface area contributed by atoms with Gasteiger partial charge in [0.25, 0.3) is 5.91 Å². The fourth-order valence-electron chi connectivity index (χ4n) is 6.26. The van der Waals surface area contributed by atoms with E-state index in [2.05, 4.69) is 31.0 Å². The minimum absolute atomic E-state index is 0.103. The normalized spacial score (nSPS) is 14.6. The van der Waals surface area contributed by atoms with Crippen LogP contribution < -0.4 is 16.0 Å². The lowest BCUT2D eigenvalue weighted by Crippen LogP contribution is -2.57. The second-order valence-corrected chi connectivity index (χ2v) is 12.6. The van der Waals surface area contributed by atoms with Crippen LogP contribution in [0.15, 0.2) is 43.0 Å². The summed E-state index contributed by atoms with van der Waals surface area (Å²) < 4.78 is 44.3. The van der Waals surface area contributed by atoms with Crippen LogP contribution in [-0.4, -0.2) is 91.9 Å². The van der Waals surface area contributed by atoms with E-state index in [4.69, 9.17) is 5.26 Å². The van der Waals surface area contributed by atoms with Crippen LogP contribution in [0.4, 0.5) is 24.7 Å². The fourth-order valence-corrected chi connectivity index (χ4v) is 6.26. The van der Waals surface area contributed by atoms with Gasteiger partial charge in [-0.2, -0.15) is 23.5 Å². The maximum absolute atomic E-state index is 13.8. The topological polar surface area (TPSA) is 162 Å². The number of nitrogens with one attached hydrogen (secondary N) is 3. The van der Waals surface area contributed by atoms with Gasteiger partial charge in [-0.25, -0.2) is 14.8 Å². The first kappa shape index (κ1) is 35.3. The number of aliphatic carboxylic acids is 1. The minimum Gasteiger partial charge on any atom is -0.477 e.